The van der Waals surface area contributed by atoms with E-state index >= 15 is 0 Å². The summed E-state index contributed by atoms with van der Waals surface area (Å²) >= 11 is 0. The van der Waals surface area contributed by atoms with Crippen LogP contribution in [0.1, 0.15) is 24.0 Å². The van der Waals surface area contributed by atoms with E-state index in [2.05, 4.69) is 10.2 Å². The normalized spacial score (nSPS) is 25.4. The van der Waals surface area contributed by atoms with Gasteiger partial charge in [0.05, 0.1) is 12.2 Å². The molecule has 0 saturated carbocycles. The smallest absolute Gasteiger partial charge is 0.381 e. The van der Waals surface area contributed by atoms with Crippen molar-refractivity contribution in [1.29, 1.82) is 0 Å². The lowest BCUT2D eigenvalue weighted by molar-refractivity contribution is -0.138. The van der Waals surface area contributed by atoms with Crippen molar-refractivity contribution in [2.75, 3.05) is 32.8 Å². The molecule has 0 bridgehead atoms. The Morgan fingerprint density at radius 2 is 2.04 bits per heavy atom. The third-order valence-corrected chi connectivity index (χ3v) is 4.76. The second kappa shape index (κ2) is 7.20. The summed E-state index contributed by atoms with van der Waals surface area (Å²) in [6, 6.07) is 6.23. The van der Waals surface area contributed by atoms with Gasteiger partial charge < -0.3 is 10.1 Å². The highest BCUT2D eigenvalue weighted by Gasteiger charge is 2.34. The van der Waals surface area contributed by atoms with Gasteiger partial charge in [0.15, 0.2) is 0 Å². The number of nitrogens with zero attached hydrogens (tertiary/aromatic N) is 1. The molecule has 3 rings (SSSR count). The van der Waals surface area contributed by atoms with Crippen molar-refractivity contribution < 1.29 is 17.9 Å². The van der Waals surface area contributed by atoms with E-state index in [0.29, 0.717) is 24.1 Å². The third kappa shape index (κ3) is 4.25. The average molecular weight is 328 g/mol. The zero-order valence-electron chi connectivity index (χ0n) is 13.1. The van der Waals surface area contributed by atoms with Crippen LogP contribution in [0.2, 0.25) is 0 Å². The summed E-state index contributed by atoms with van der Waals surface area (Å²) in [5.74, 6) is 0.425. The minimum atomic E-state index is -4.30. The summed E-state index contributed by atoms with van der Waals surface area (Å²) in [5.41, 5.74) is -0.149. The van der Waals surface area contributed by atoms with Crippen LogP contribution in [0.3, 0.4) is 0 Å². The summed E-state index contributed by atoms with van der Waals surface area (Å²) in [6.07, 6.45) is -2.31. The fraction of sp³-hybridized carbons (Fsp3) is 0.647. The van der Waals surface area contributed by atoms with Crippen LogP contribution in [0.5, 0.6) is 0 Å². The van der Waals surface area contributed by atoms with Gasteiger partial charge in [0.25, 0.3) is 0 Å². The molecule has 2 fully saturated rings. The van der Waals surface area contributed by atoms with Crippen LogP contribution in [0, 0.1) is 5.92 Å². The summed E-state index contributed by atoms with van der Waals surface area (Å²) in [7, 11) is 0. The van der Waals surface area contributed by atoms with E-state index in [4.69, 9.17) is 4.74 Å². The summed E-state index contributed by atoms with van der Waals surface area (Å²) in [4.78, 5) is 2.21. The second-order valence-electron chi connectivity index (χ2n) is 6.46. The van der Waals surface area contributed by atoms with Crippen LogP contribution in [0.15, 0.2) is 24.3 Å². The van der Waals surface area contributed by atoms with E-state index in [9.17, 15) is 13.2 Å². The molecule has 0 aliphatic carbocycles. The van der Waals surface area contributed by atoms with Crippen molar-refractivity contribution in [3.8, 4) is 0 Å². The molecule has 2 atom stereocenters. The first kappa shape index (κ1) is 16.7. The molecule has 2 aliphatic rings. The van der Waals surface area contributed by atoms with Gasteiger partial charge in [0, 0.05) is 32.3 Å². The van der Waals surface area contributed by atoms with E-state index in [1.807, 2.05) is 0 Å². The van der Waals surface area contributed by atoms with Crippen molar-refractivity contribution in [3.05, 3.63) is 35.4 Å². The van der Waals surface area contributed by atoms with Gasteiger partial charge in [-0.3, -0.25) is 4.90 Å². The number of halogens is 3. The molecule has 1 N–H and O–H groups in total. The van der Waals surface area contributed by atoms with Gasteiger partial charge in [-0.1, -0.05) is 18.2 Å². The van der Waals surface area contributed by atoms with Gasteiger partial charge in [0.2, 0.25) is 0 Å². The van der Waals surface area contributed by atoms with E-state index in [0.717, 1.165) is 45.7 Å². The van der Waals surface area contributed by atoms with Gasteiger partial charge in [-0.2, -0.15) is 13.2 Å². The van der Waals surface area contributed by atoms with E-state index < -0.39 is 11.7 Å². The maximum absolute atomic E-state index is 13.2. The molecule has 23 heavy (non-hydrogen) atoms. The van der Waals surface area contributed by atoms with Crippen LogP contribution in [0.25, 0.3) is 0 Å². The van der Waals surface area contributed by atoms with Crippen LogP contribution in [-0.2, 0) is 17.5 Å². The number of hydrogen-bond acceptors (Lipinski definition) is 3. The van der Waals surface area contributed by atoms with Crippen LogP contribution >= 0.6 is 0 Å². The fourth-order valence-corrected chi connectivity index (χ4v) is 3.51. The Balaban J connectivity index is 1.77. The van der Waals surface area contributed by atoms with Gasteiger partial charge in [-0.25, -0.2) is 0 Å². The van der Waals surface area contributed by atoms with Gasteiger partial charge in [-0.15, -0.1) is 0 Å². The number of nitrogens with one attached hydrogen (secondary N) is 1. The molecule has 2 saturated heterocycles. The Labute approximate surface area is 134 Å². The molecule has 1 aromatic rings. The molecule has 1 aromatic carbocycles. The summed E-state index contributed by atoms with van der Waals surface area (Å²) < 4.78 is 45.1. The first-order chi connectivity index (χ1) is 11.0. The number of alkyl halides is 3. The third-order valence-electron chi connectivity index (χ3n) is 4.76. The molecule has 0 spiro atoms. The number of hydrogen-bond donors (Lipinski definition) is 1. The molecule has 3 nitrogen and oxygen atoms in total. The predicted octanol–water partition coefficient (Wildman–Crippen LogP) is 2.91. The summed E-state index contributed by atoms with van der Waals surface area (Å²) in [5, 5.41) is 3.31. The molecule has 2 heterocycles. The van der Waals surface area contributed by atoms with E-state index in [-0.39, 0.29) is 0 Å². The Morgan fingerprint density at radius 1 is 1.22 bits per heavy atom. The van der Waals surface area contributed by atoms with Crippen molar-refractivity contribution in [2.24, 2.45) is 5.92 Å². The molecule has 6 heteroatoms. The minimum Gasteiger partial charge on any atom is -0.381 e. The molecular formula is C17H23F3N2O. The quantitative estimate of drug-likeness (QED) is 0.899. The standard InChI is InChI=1S/C17H23F3N2O/c18-17(19,20)16-4-2-1-3-14(16)11-22(15-5-7-21-9-15)10-13-6-8-23-12-13/h1-4,13,15,21H,5-12H2/t13?,15-/m0/s1. The Hall–Kier alpha value is -1.11. The zero-order valence-corrected chi connectivity index (χ0v) is 13.1. The second-order valence-corrected chi connectivity index (χ2v) is 6.46. The lowest BCUT2D eigenvalue weighted by Gasteiger charge is -2.31. The van der Waals surface area contributed by atoms with Crippen LogP contribution < -0.4 is 5.32 Å². The predicted molar refractivity (Wildman–Crippen MR) is 82.1 cm³/mol. The van der Waals surface area contributed by atoms with Crippen molar-refractivity contribution >= 4 is 0 Å². The number of rotatable bonds is 5. The van der Waals surface area contributed by atoms with E-state index in [1.54, 1.807) is 12.1 Å². The SMILES string of the molecule is FC(F)(F)c1ccccc1CN(CC1CCOC1)[C@H]1CCNC1. The molecule has 1 unspecified atom stereocenters. The zero-order chi connectivity index (χ0) is 16.3. The lowest BCUT2D eigenvalue weighted by Crippen LogP contribution is -2.40. The average Bonchev–Trinajstić information content (AvgIpc) is 3.19. The van der Waals surface area contributed by atoms with Gasteiger partial charge in [-0.05, 0) is 36.9 Å². The fourth-order valence-electron chi connectivity index (χ4n) is 3.51. The first-order valence-corrected chi connectivity index (χ1v) is 8.21. The molecular weight excluding hydrogens is 305 g/mol. The van der Waals surface area contributed by atoms with Crippen LogP contribution in [0.4, 0.5) is 13.2 Å². The van der Waals surface area contributed by atoms with E-state index in [1.165, 1.54) is 12.1 Å². The number of benzene rings is 1. The maximum atomic E-state index is 13.2. The first-order valence-electron chi connectivity index (χ1n) is 8.21. The monoisotopic (exact) mass is 328 g/mol. The molecule has 0 radical (unpaired) electrons. The maximum Gasteiger partial charge on any atom is 0.416 e. The van der Waals surface area contributed by atoms with Crippen LogP contribution in [-0.4, -0.2) is 43.8 Å². The Bertz CT molecular complexity index is 509. The highest BCUT2D eigenvalue weighted by molar-refractivity contribution is 5.29. The molecule has 0 aromatic heterocycles. The largest absolute Gasteiger partial charge is 0.416 e. The lowest BCUT2D eigenvalue weighted by atomic mass is 10.0. The van der Waals surface area contributed by atoms with Gasteiger partial charge >= 0.3 is 6.18 Å². The molecule has 2 aliphatic heterocycles. The topological polar surface area (TPSA) is 24.5 Å². The Kier molecular flexibility index (Phi) is 5.24. The van der Waals surface area contributed by atoms with Crippen molar-refractivity contribution in [3.63, 3.8) is 0 Å². The Morgan fingerprint density at radius 3 is 2.70 bits per heavy atom. The molecule has 0 amide bonds. The summed E-state index contributed by atoms with van der Waals surface area (Å²) in [6.45, 7) is 4.42. The minimum absolute atomic E-state index is 0.303. The molecule has 128 valence electrons. The van der Waals surface area contributed by atoms with Crippen molar-refractivity contribution in [2.45, 2.75) is 31.6 Å². The number of ether oxygens (including phenoxy) is 1. The van der Waals surface area contributed by atoms with Crippen molar-refractivity contribution in [1.82, 2.24) is 10.2 Å². The highest BCUT2D eigenvalue weighted by atomic mass is 19.4. The highest BCUT2D eigenvalue weighted by Crippen LogP contribution is 2.33. The van der Waals surface area contributed by atoms with Gasteiger partial charge in [0.1, 0.15) is 0 Å².